The van der Waals surface area contributed by atoms with Gasteiger partial charge in [-0.05, 0) is 24.1 Å². The normalized spacial score (nSPS) is 14.5. The maximum absolute atomic E-state index is 11.4. The molecule has 0 aliphatic rings. The lowest BCUT2D eigenvalue weighted by Gasteiger charge is -2.23. The summed E-state index contributed by atoms with van der Waals surface area (Å²) in [5, 5.41) is 21.1. The lowest BCUT2D eigenvalue weighted by molar-refractivity contribution is -0.0102. The highest BCUT2D eigenvalue weighted by Gasteiger charge is 2.27. The molecule has 2 rings (SSSR count). The van der Waals surface area contributed by atoms with Crippen molar-refractivity contribution in [3.05, 3.63) is 40.2 Å². The summed E-state index contributed by atoms with van der Waals surface area (Å²) in [6.45, 7) is 3.59. The molecule has 2 aromatic rings. The lowest BCUT2D eigenvalue weighted by atomic mass is 9.94. The summed E-state index contributed by atoms with van der Waals surface area (Å²) in [4.78, 5) is 11.4. The van der Waals surface area contributed by atoms with Crippen LogP contribution in [0.3, 0.4) is 0 Å². The molecule has 1 heterocycles. The molecule has 2 N–H and O–H groups in total. The molecule has 5 nitrogen and oxygen atoms in total. The number of aliphatic hydroxyl groups excluding tert-OH is 2. The summed E-state index contributed by atoms with van der Waals surface area (Å²) in [6.07, 6.45) is -2.18. The van der Waals surface area contributed by atoms with Crippen LogP contribution in [0.1, 0.15) is 25.5 Å². The van der Waals surface area contributed by atoms with Gasteiger partial charge in [0.15, 0.2) is 0 Å². The number of aliphatic hydroxyl groups is 2. The average Bonchev–Trinajstić information content (AvgIpc) is 2.44. The molecule has 0 unspecified atom stereocenters. The first-order chi connectivity index (χ1) is 9.45. The number of benzene rings is 1. The first kappa shape index (κ1) is 14.6. The van der Waals surface area contributed by atoms with E-state index in [4.69, 9.17) is 9.15 Å². The number of hydrogen-bond acceptors (Lipinski definition) is 5. The summed E-state index contributed by atoms with van der Waals surface area (Å²) in [5.74, 6) is 0.222. The van der Waals surface area contributed by atoms with E-state index in [1.165, 1.54) is 13.2 Å². The van der Waals surface area contributed by atoms with Crippen molar-refractivity contribution >= 4 is 11.0 Å². The second-order valence-corrected chi connectivity index (χ2v) is 5.03. The van der Waals surface area contributed by atoms with Crippen LogP contribution in [0, 0.1) is 5.92 Å². The standard InChI is InChI=1S/C15H18O5/c1-8(2)13(17)14(18)12-10(19-3)6-4-9-5-7-11(16)20-15(9)12/h4-8,13-14,17-18H,1-3H3/t13-,14-/m1/s1. The van der Waals surface area contributed by atoms with E-state index in [9.17, 15) is 15.0 Å². The molecular weight excluding hydrogens is 260 g/mol. The molecule has 0 spiro atoms. The van der Waals surface area contributed by atoms with Crippen molar-refractivity contribution in [1.82, 2.24) is 0 Å². The number of fused-ring (bicyclic) bond motifs is 1. The van der Waals surface area contributed by atoms with Crippen LogP contribution in [0.4, 0.5) is 0 Å². The summed E-state index contributed by atoms with van der Waals surface area (Å²) in [6, 6.07) is 6.32. The van der Waals surface area contributed by atoms with Crippen molar-refractivity contribution in [2.45, 2.75) is 26.1 Å². The molecule has 0 aliphatic heterocycles. The molecular formula is C15H18O5. The number of methoxy groups -OCH3 is 1. The van der Waals surface area contributed by atoms with Crippen LogP contribution in [0.25, 0.3) is 11.0 Å². The minimum atomic E-state index is -1.20. The van der Waals surface area contributed by atoms with Gasteiger partial charge in [0.05, 0.1) is 18.8 Å². The topological polar surface area (TPSA) is 79.9 Å². The third-order valence-electron chi connectivity index (χ3n) is 3.31. The minimum Gasteiger partial charge on any atom is -0.496 e. The van der Waals surface area contributed by atoms with Crippen LogP contribution >= 0.6 is 0 Å². The van der Waals surface area contributed by atoms with Gasteiger partial charge >= 0.3 is 5.63 Å². The molecule has 108 valence electrons. The largest absolute Gasteiger partial charge is 0.496 e. The molecule has 1 aromatic carbocycles. The monoisotopic (exact) mass is 278 g/mol. The van der Waals surface area contributed by atoms with Gasteiger partial charge in [0.2, 0.25) is 0 Å². The van der Waals surface area contributed by atoms with Crippen LogP contribution in [0.15, 0.2) is 33.5 Å². The highest BCUT2D eigenvalue weighted by atomic mass is 16.5. The Morgan fingerprint density at radius 3 is 2.40 bits per heavy atom. The quantitative estimate of drug-likeness (QED) is 0.834. The Morgan fingerprint density at radius 1 is 1.15 bits per heavy atom. The Hall–Kier alpha value is -1.85. The maximum Gasteiger partial charge on any atom is 0.336 e. The second-order valence-electron chi connectivity index (χ2n) is 5.03. The van der Waals surface area contributed by atoms with Crippen molar-refractivity contribution in [2.24, 2.45) is 5.92 Å². The SMILES string of the molecule is COc1ccc2ccc(=O)oc2c1[C@@H](O)[C@H](O)C(C)C. The fourth-order valence-electron chi connectivity index (χ4n) is 2.13. The first-order valence-electron chi connectivity index (χ1n) is 6.42. The molecule has 0 fully saturated rings. The molecule has 1 aromatic heterocycles. The van der Waals surface area contributed by atoms with E-state index in [1.54, 1.807) is 32.0 Å². The van der Waals surface area contributed by atoms with Gasteiger partial charge in [-0.2, -0.15) is 0 Å². The molecule has 0 aliphatic carbocycles. The Kier molecular flexibility index (Phi) is 4.11. The van der Waals surface area contributed by atoms with Gasteiger partial charge in [0, 0.05) is 11.5 Å². The summed E-state index contributed by atoms with van der Waals surface area (Å²) >= 11 is 0. The van der Waals surface area contributed by atoms with E-state index in [0.717, 1.165) is 0 Å². The lowest BCUT2D eigenvalue weighted by Crippen LogP contribution is -2.24. The minimum absolute atomic E-state index is 0.152. The van der Waals surface area contributed by atoms with E-state index >= 15 is 0 Å². The number of hydrogen-bond donors (Lipinski definition) is 2. The smallest absolute Gasteiger partial charge is 0.336 e. The van der Waals surface area contributed by atoms with Gasteiger partial charge in [-0.25, -0.2) is 4.79 Å². The predicted molar refractivity (Wildman–Crippen MR) is 74.8 cm³/mol. The van der Waals surface area contributed by atoms with Crippen LogP contribution in [-0.4, -0.2) is 23.4 Å². The van der Waals surface area contributed by atoms with Crippen molar-refractivity contribution in [3.8, 4) is 5.75 Å². The Bertz CT molecular complexity index is 659. The Morgan fingerprint density at radius 2 is 1.80 bits per heavy atom. The van der Waals surface area contributed by atoms with Crippen molar-refractivity contribution in [2.75, 3.05) is 7.11 Å². The van der Waals surface area contributed by atoms with Gasteiger partial charge < -0.3 is 19.4 Å². The van der Waals surface area contributed by atoms with E-state index in [2.05, 4.69) is 0 Å². The van der Waals surface area contributed by atoms with Gasteiger partial charge in [-0.1, -0.05) is 13.8 Å². The van der Waals surface area contributed by atoms with Gasteiger partial charge in [-0.15, -0.1) is 0 Å². The summed E-state index contributed by atoms with van der Waals surface area (Å²) in [7, 11) is 1.46. The van der Waals surface area contributed by atoms with Crippen molar-refractivity contribution < 1.29 is 19.4 Å². The fourth-order valence-corrected chi connectivity index (χ4v) is 2.13. The number of ether oxygens (including phenoxy) is 1. The molecule has 5 heteroatoms. The zero-order chi connectivity index (χ0) is 14.9. The van der Waals surface area contributed by atoms with Crippen molar-refractivity contribution in [3.63, 3.8) is 0 Å². The van der Waals surface area contributed by atoms with Gasteiger partial charge in [-0.3, -0.25) is 0 Å². The highest BCUT2D eigenvalue weighted by molar-refractivity contribution is 5.82. The van der Waals surface area contributed by atoms with Crippen LogP contribution in [0.5, 0.6) is 5.75 Å². The molecule has 0 radical (unpaired) electrons. The fraction of sp³-hybridized carbons (Fsp3) is 0.400. The van der Waals surface area contributed by atoms with Gasteiger partial charge in [0.25, 0.3) is 0 Å². The molecule has 0 saturated carbocycles. The van der Waals surface area contributed by atoms with E-state index in [1.807, 2.05) is 0 Å². The van der Waals surface area contributed by atoms with Crippen LogP contribution in [0.2, 0.25) is 0 Å². The van der Waals surface area contributed by atoms with E-state index in [-0.39, 0.29) is 11.5 Å². The Balaban J connectivity index is 2.70. The third-order valence-corrected chi connectivity index (χ3v) is 3.31. The van der Waals surface area contributed by atoms with Crippen molar-refractivity contribution in [1.29, 1.82) is 0 Å². The Labute approximate surface area is 116 Å². The maximum atomic E-state index is 11.4. The predicted octanol–water partition coefficient (Wildman–Crippen LogP) is 1.85. The molecule has 0 bridgehead atoms. The van der Waals surface area contributed by atoms with E-state index < -0.39 is 17.8 Å². The average molecular weight is 278 g/mol. The van der Waals surface area contributed by atoms with Gasteiger partial charge in [0.1, 0.15) is 17.4 Å². The van der Waals surface area contributed by atoms with Crippen LogP contribution < -0.4 is 10.4 Å². The summed E-state index contributed by atoms with van der Waals surface area (Å²) in [5.41, 5.74) is 0.0196. The molecule has 20 heavy (non-hydrogen) atoms. The zero-order valence-corrected chi connectivity index (χ0v) is 11.7. The first-order valence-corrected chi connectivity index (χ1v) is 6.42. The summed E-state index contributed by atoms with van der Waals surface area (Å²) < 4.78 is 10.4. The molecule has 2 atom stereocenters. The molecule has 0 saturated heterocycles. The molecule has 0 amide bonds. The number of rotatable bonds is 4. The highest BCUT2D eigenvalue weighted by Crippen LogP contribution is 2.35. The third kappa shape index (κ3) is 2.55. The van der Waals surface area contributed by atoms with Crippen LogP contribution in [-0.2, 0) is 0 Å². The van der Waals surface area contributed by atoms with E-state index in [0.29, 0.717) is 16.7 Å². The second kappa shape index (κ2) is 5.64. The zero-order valence-electron chi connectivity index (χ0n) is 11.7.